The van der Waals surface area contributed by atoms with Gasteiger partial charge in [0.25, 0.3) is 5.91 Å². The van der Waals surface area contributed by atoms with Crippen molar-refractivity contribution in [2.24, 2.45) is 0 Å². The molecule has 2 aromatic rings. The van der Waals surface area contributed by atoms with E-state index in [0.717, 1.165) is 11.1 Å². The number of hydrogen-bond acceptors (Lipinski definition) is 3. The van der Waals surface area contributed by atoms with Crippen LogP contribution in [-0.2, 0) is 11.3 Å². The van der Waals surface area contributed by atoms with Gasteiger partial charge in [-0.1, -0.05) is 77.5 Å². The smallest absolute Gasteiger partial charge is 0.266 e. The van der Waals surface area contributed by atoms with Crippen LogP contribution in [0.5, 0.6) is 0 Å². The second kappa shape index (κ2) is 6.87. The fourth-order valence-electron chi connectivity index (χ4n) is 2.22. The first kappa shape index (κ1) is 16.2. The summed E-state index contributed by atoms with van der Waals surface area (Å²) in [5.74, 6) is -0.0458. The number of thiocarbonyl (C=S) groups is 1. The van der Waals surface area contributed by atoms with Gasteiger partial charge in [-0.25, -0.2) is 0 Å². The first-order chi connectivity index (χ1) is 11.0. The Labute approximate surface area is 150 Å². The van der Waals surface area contributed by atoms with E-state index in [0.29, 0.717) is 20.8 Å². The molecule has 1 amide bonds. The van der Waals surface area contributed by atoms with Crippen molar-refractivity contribution in [3.05, 3.63) is 75.1 Å². The number of carbonyl (C=O) groups excluding carboxylic acids is 1. The lowest BCUT2D eigenvalue weighted by atomic mass is 10.1. The fourth-order valence-corrected chi connectivity index (χ4v) is 3.60. The van der Waals surface area contributed by atoms with Crippen LogP contribution < -0.4 is 0 Å². The molecular formula is C18H14ClNOS2. The molecule has 1 aliphatic heterocycles. The zero-order valence-electron chi connectivity index (χ0n) is 12.5. The van der Waals surface area contributed by atoms with Crippen LogP contribution in [0, 0.1) is 6.92 Å². The lowest BCUT2D eigenvalue weighted by Crippen LogP contribution is -2.27. The first-order valence-corrected chi connectivity index (χ1v) is 8.70. The minimum atomic E-state index is -0.0458. The largest absolute Gasteiger partial charge is 0.288 e. The Bertz CT molecular complexity index is 782. The van der Waals surface area contributed by atoms with E-state index >= 15 is 0 Å². The highest BCUT2D eigenvalue weighted by atomic mass is 35.5. The van der Waals surface area contributed by atoms with Gasteiger partial charge >= 0.3 is 0 Å². The number of amides is 1. The molecule has 1 fully saturated rings. The van der Waals surface area contributed by atoms with E-state index in [1.54, 1.807) is 17.0 Å². The molecule has 5 heteroatoms. The molecule has 2 nitrogen and oxygen atoms in total. The summed E-state index contributed by atoms with van der Waals surface area (Å²) in [6.45, 7) is 2.54. The van der Waals surface area contributed by atoms with Crippen LogP contribution in [0.3, 0.4) is 0 Å². The number of nitrogens with zero attached hydrogens (tertiary/aromatic N) is 1. The van der Waals surface area contributed by atoms with Crippen LogP contribution in [0.2, 0.25) is 5.02 Å². The van der Waals surface area contributed by atoms with Crippen molar-refractivity contribution in [3.8, 4) is 0 Å². The van der Waals surface area contributed by atoms with E-state index in [1.807, 2.05) is 49.4 Å². The molecule has 23 heavy (non-hydrogen) atoms. The van der Waals surface area contributed by atoms with Gasteiger partial charge in [0.1, 0.15) is 4.32 Å². The van der Waals surface area contributed by atoms with Gasteiger partial charge in [-0.05, 0) is 36.3 Å². The molecule has 116 valence electrons. The number of rotatable bonds is 3. The highest BCUT2D eigenvalue weighted by Crippen LogP contribution is 2.33. The molecule has 2 aromatic carbocycles. The Morgan fingerprint density at radius 1 is 1.13 bits per heavy atom. The van der Waals surface area contributed by atoms with Gasteiger partial charge in [0, 0.05) is 5.02 Å². The van der Waals surface area contributed by atoms with Gasteiger partial charge in [-0.2, -0.15) is 0 Å². The van der Waals surface area contributed by atoms with Crippen molar-refractivity contribution in [2.75, 3.05) is 0 Å². The molecule has 0 aliphatic carbocycles. The average molecular weight is 360 g/mol. The third kappa shape index (κ3) is 3.83. The summed E-state index contributed by atoms with van der Waals surface area (Å²) in [6.07, 6.45) is 1.85. The third-order valence-corrected chi connectivity index (χ3v) is 5.13. The van der Waals surface area contributed by atoms with Crippen molar-refractivity contribution < 1.29 is 4.79 Å². The maximum Gasteiger partial charge on any atom is 0.266 e. The van der Waals surface area contributed by atoms with Crippen molar-refractivity contribution in [2.45, 2.75) is 13.5 Å². The van der Waals surface area contributed by atoms with E-state index in [4.69, 9.17) is 23.8 Å². The van der Waals surface area contributed by atoms with Crippen LogP contribution in [0.25, 0.3) is 6.08 Å². The molecule has 3 rings (SSSR count). The number of benzene rings is 2. The molecule has 0 unspecified atom stereocenters. The molecule has 0 radical (unpaired) electrons. The van der Waals surface area contributed by atoms with Crippen molar-refractivity contribution >= 4 is 51.9 Å². The SMILES string of the molecule is Cc1ccc(CN2C(=O)C(=Cc3ccc(Cl)cc3)SC2=S)cc1. The Morgan fingerprint density at radius 3 is 2.43 bits per heavy atom. The zero-order chi connectivity index (χ0) is 16.4. The van der Waals surface area contributed by atoms with Crippen molar-refractivity contribution in [1.29, 1.82) is 0 Å². The Hall–Kier alpha value is -1.62. The van der Waals surface area contributed by atoms with Crippen LogP contribution in [0.4, 0.5) is 0 Å². The third-order valence-electron chi connectivity index (χ3n) is 3.50. The monoisotopic (exact) mass is 359 g/mol. The lowest BCUT2D eigenvalue weighted by Gasteiger charge is -2.14. The average Bonchev–Trinajstić information content (AvgIpc) is 2.79. The summed E-state index contributed by atoms with van der Waals surface area (Å²) < 4.78 is 0.593. The van der Waals surface area contributed by atoms with Crippen LogP contribution in [0.1, 0.15) is 16.7 Å². The van der Waals surface area contributed by atoms with Gasteiger partial charge < -0.3 is 0 Å². The van der Waals surface area contributed by atoms with Gasteiger partial charge in [-0.15, -0.1) is 0 Å². The van der Waals surface area contributed by atoms with Crippen molar-refractivity contribution in [3.63, 3.8) is 0 Å². The maximum absolute atomic E-state index is 12.6. The molecule has 0 spiro atoms. The summed E-state index contributed by atoms with van der Waals surface area (Å²) >= 11 is 12.6. The number of thioether (sulfide) groups is 1. The Balaban J connectivity index is 1.79. The molecule has 0 atom stereocenters. The fraction of sp³-hybridized carbons (Fsp3) is 0.111. The normalized spacial score (nSPS) is 16.4. The minimum Gasteiger partial charge on any atom is -0.288 e. The van der Waals surface area contributed by atoms with Gasteiger partial charge in [-0.3, -0.25) is 9.69 Å². The zero-order valence-corrected chi connectivity index (χ0v) is 14.8. The minimum absolute atomic E-state index is 0.0458. The van der Waals surface area contributed by atoms with Crippen LogP contribution >= 0.6 is 35.6 Å². The number of carbonyl (C=O) groups is 1. The first-order valence-electron chi connectivity index (χ1n) is 7.09. The second-order valence-electron chi connectivity index (χ2n) is 5.31. The molecule has 1 saturated heterocycles. The van der Waals surface area contributed by atoms with E-state index in [1.165, 1.54) is 17.3 Å². The molecular weight excluding hydrogens is 346 g/mol. The van der Waals surface area contributed by atoms with E-state index < -0.39 is 0 Å². The highest BCUT2D eigenvalue weighted by molar-refractivity contribution is 8.26. The topological polar surface area (TPSA) is 20.3 Å². The quantitative estimate of drug-likeness (QED) is 0.565. The van der Waals surface area contributed by atoms with Crippen molar-refractivity contribution in [1.82, 2.24) is 4.90 Å². The summed E-state index contributed by atoms with van der Waals surface area (Å²) in [6, 6.07) is 15.5. The van der Waals surface area contributed by atoms with E-state index in [2.05, 4.69) is 0 Å². The van der Waals surface area contributed by atoms with Crippen LogP contribution in [0.15, 0.2) is 53.4 Å². The standard InChI is InChI=1S/C18H14ClNOS2/c1-12-2-4-14(5-3-12)11-20-17(21)16(23-18(20)22)10-13-6-8-15(19)9-7-13/h2-10H,11H2,1H3. The van der Waals surface area contributed by atoms with Gasteiger partial charge in [0.2, 0.25) is 0 Å². The molecule has 0 bridgehead atoms. The summed E-state index contributed by atoms with van der Waals surface area (Å²) in [5.41, 5.74) is 3.20. The predicted molar refractivity (Wildman–Crippen MR) is 101 cm³/mol. The number of halogens is 1. The summed E-state index contributed by atoms with van der Waals surface area (Å²) in [7, 11) is 0. The highest BCUT2D eigenvalue weighted by Gasteiger charge is 2.31. The van der Waals surface area contributed by atoms with E-state index in [9.17, 15) is 4.79 Å². The van der Waals surface area contributed by atoms with Crippen LogP contribution in [-0.4, -0.2) is 15.1 Å². The summed E-state index contributed by atoms with van der Waals surface area (Å²) in [5, 5.41) is 0.675. The number of aryl methyl sites for hydroxylation is 1. The summed E-state index contributed by atoms with van der Waals surface area (Å²) in [4.78, 5) is 14.9. The molecule has 1 aliphatic rings. The lowest BCUT2D eigenvalue weighted by molar-refractivity contribution is -0.122. The predicted octanol–water partition coefficient (Wildman–Crippen LogP) is 5.05. The Kier molecular flexibility index (Phi) is 4.85. The molecule has 1 heterocycles. The van der Waals surface area contributed by atoms with E-state index in [-0.39, 0.29) is 5.91 Å². The number of hydrogen-bond donors (Lipinski definition) is 0. The molecule has 0 saturated carbocycles. The van der Waals surface area contributed by atoms with Gasteiger partial charge in [0.15, 0.2) is 0 Å². The second-order valence-corrected chi connectivity index (χ2v) is 7.42. The maximum atomic E-state index is 12.6. The molecule has 0 N–H and O–H groups in total. The van der Waals surface area contributed by atoms with Gasteiger partial charge in [0.05, 0.1) is 11.4 Å². The Morgan fingerprint density at radius 2 is 1.78 bits per heavy atom. The molecule has 0 aromatic heterocycles.